The summed E-state index contributed by atoms with van der Waals surface area (Å²) in [5.74, 6) is -0.676. The third kappa shape index (κ3) is 4.28. The Morgan fingerprint density at radius 1 is 1.21 bits per heavy atom. The van der Waals surface area contributed by atoms with E-state index in [4.69, 9.17) is 14.6 Å². The van der Waals surface area contributed by atoms with Gasteiger partial charge in [-0.3, -0.25) is 4.79 Å². The van der Waals surface area contributed by atoms with Crippen LogP contribution < -0.4 is 9.47 Å². The Morgan fingerprint density at radius 2 is 1.84 bits per heavy atom. The van der Waals surface area contributed by atoms with Crippen molar-refractivity contribution in [2.24, 2.45) is 5.92 Å². The molecule has 0 aliphatic rings. The van der Waals surface area contributed by atoms with E-state index in [1.165, 1.54) is 21.1 Å². The minimum atomic E-state index is -0.968. The van der Waals surface area contributed by atoms with Crippen LogP contribution in [0.4, 0.5) is 0 Å². The van der Waals surface area contributed by atoms with Crippen molar-refractivity contribution in [3.63, 3.8) is 0 Å². The highest BCUT2D eigenvalue weighted by molar-refractivity contribution is 5.82. The smallest absolute Gasteiger partial charge is 0.307 e. The summed E-state index contributed by atoms with van der Waals surface area (Å²) in [6.07, 6.45) is 0.318. The van der Waals surface area contributed by atoms with E-state index in [-0.39, 0.29) is 18.6 Å². The maximum atomic E-state index is 11.1. The predicted octanol–water partition coefficient (Wildman–Crippen LogP) is 1.93. The molecule has 0 aromatic heterocycles. The average molecular weight is 266 g/mol. The molecule has 1 N–H and O–H groups in total. The topological polar surface area (TPSA) is 72.8 Å². The number of ether oxygens (including phenoxy) is 2. The average Bonchev–Trinajstić information content (AvgIpc) is 2.37. The molecule has 19 heavy (non-hydrogen) atoms. The molecule has 5 heteroatoms. The Hall–Kier alpha value is -2.04. The number of carbonyl (C=O) groups is 2. The van der Waals surface area contributed by atoms with Gasteiger partial charge in [0.15, 0.2) is 11.5 Å². The summed E-state index contributed by atoms with van der Waals surface area (Å²) < 4.78 is 10.3. The number of methoxy groups -OCH3 is 2. The van der Waals surface area contributed by atoms with Crippen molar-refractivity contribution in [3.8, 4) is 11.5 Å². The number of carboxylic acids is 1. The Bertz CT molecular complexity index is 467. The van der Waals surface area contributed by atoms with Crippen LogP contribution in [0.5, 0.6) is 11.5 Å². The van der Waals surface area contributed by atoms with E-state index >= 15 is 0 Å². The molecule has 0 fully saturated rings. The van der Waals surface area contributed by atoms with Crippen LogP contribution in [-0.2, 0) is 16.0 Å². The van der Waals surface area contributed by atoms with Gasteiger partial charge in [0.2, 0.25) is 0 Å². The van der Waals surface area contributed by atoms with Crippen molar-refractivity contribution in [2.75, 3.05) is 14.2 Å². The monoisotopic (exact) mass is 266 g/mol. The van der Waals surface area contributed by atoms with Gasteiger partial charge < -0.3 is 19.4 Å². The number of carboxylic acid groups (broad SMARTS) is 1. The van der Waals surface area contributed by atoms with Crippen molar-refractivity contribution >= 4 is 11.8 Å². The second-order valence-electron chi connectivity index (χ2n) is 4.33. The molecule has 0 unspecified atom stereocenters. The van der Waals surface area contributed by atoms with Crippen LogP contribution in [0.2, 0.25) is 0 Å². The lowest BCUT2D eigenvalue weighted by Crippen LogP contribution is -2.19. The molecule has 0 bridgehead atoms. The van der Waals surface area contributed by atoms with Crippen molar-refractivity contribution in [1.82, 2.24) is 0 Å². The molecule has 0 aliphatic carbocycles. The van der Waals surface area contributed by atoms with Gasteiger partial charge in [0.1, 0.15) is 5.78 Å². The molecule has 1 aromatic carbocycles. The highest BCUT2D eigenvalue weighted by Crippen LogP contribution is 2.28. The molecule has 0 heterocycles. The number of hydrogen-bond donors (Lipinski definition) is 1. The van der Waals surface area contributed by atoms with Crippen LogP contribution in [-0.4, -0.2) is 31.1 Å². The fraction of sp³-hybridized carbons (Fsp3) is 0.429. The van der Waals surface area contributed by atoms with Gasteiger partial charge in [0.25, 0.3) is 0 Å². The molecule has 0 radical (unpaired) electrons. The fourth-order valence-electron chi connectivity index (χ4n) is 1.89. The van der Waals surface area contributed by atoms with Gasteiger partial charge in [-0.05, 0) is 31.0 Å². The first-order valence-electron chi connectivity index (χ1n) is 5.91. The quantitative estimate of drug-likeness (QED) is 0.816. The lowest BCUT2D eigenvalue weighted by molar-refractivity contribution is -0.143. The van der Waals surface area contributed by atoms with Crippen molar-refractivity contribution in [2.45, 2.75) is 19.8 Å². The molecule has 0 saturated heterocycles. The highest BCUT2D eigenvalue weighted by Gasteiger charge is 2.20. The van der Waals surface area contributed by atoms with Crippen LogP contribution in [0.1, 0.15) is 18.9 Å². The van der Waals surface area contributed by atoms with Gasteiger partial charge >= 0.3 is 5.97 Å². The van der Waals surface area contributed by atoms with E-state index in [0.29, 0.717) is 11.5 Å². The summed E-state index contributed by atoms with van der Waals surface area (Å²) in [5.41, 5.74) is 0.798. The van der Waals surface area contributed by atoms with Gasteiger partial charge in [0.05, 0.1) is 20.1 Å². The first-order chi connectivity index (χ1) is 8.97. The molecule has 1 aromatic rings. The number of ketones is 1. The Kier molecular flexibility index (Phi) is 5.36. The zero-order valence-corrected chi connectivity index (χ0v) is 11.3. The van der Waals surface area contributed by atoms with E-state index < -0.39 is 11.9 Å². The van der Waals surface area contributed by atoms with Crippen molar-refractivity contribution in [1.29, 1.82) is 0 Å². The second-order valence-corrected chi connectivity index (χ2v) is 4.33. The van der Waals surface area contributed by atoms with Crippen molar-refractivity contribution in [3.05, 3.63) is 23.8 Å². The summed E-state index contributed by atoms with van der Waals surface area (Å²) in [6.45, 7) is 1.39. The largest absolute Gasteiger partial charge is 0.493 e. The third-order valence-corrected chi connectivity index (χ3v) is 2.81. The number of rotatable bonds is 7. The number of Topliss-reactive ketones (excluding diaryl/α,β-unsaturated/α-hetero) is 1. The summed E-state index contributed by atoms with van der Waals surface area (Å²) in [5, 5.41) is 9.10. The molecule has 1 atom stereocenters. The lowest BCUT2D eigenvalue weighted by Gasteiger charge is -2.13. The summed E-state index contributed by atoms with van der Waals surface area (Å²) in [6, 6.07) is 5.23. The van der Waals surface area contributed by atoms with E-state index in [0.717, 1.165) is 5.56 Å². The molecule has 5 nitrogen and oxygen atoms in total. The molecule has 0 amide bonds. The van der Waals surface area contributed by atoms with Crippen LogP contribution >= 0.6 is 0 Å². The first kappa shape index (κ1) is 15.0. The third-order valence-electron chi connectivity index (χ3n) is 2.81. The molecular formula is C14H18O5. The summed E-state index contributed by atoms with van der Waals surface area (Å²) >= 11 is 0. The van der Waals surface area contributed by atoms with Crippen LogP contribution in [0.25, 0.3) is 0 Å². The molecule has 104 valence electrons. The first-order valence-corrected chi connectivity index (χ1v) is 5.91. The number of aliphatic carboxylic acids is 1. The summed E-state index contributed by atoms with van der Waals surface area (Å²) in [4.78, 5) is 22.2. The highest BCUT2D eigenvalue weighted by atomic mass is 16.5. The van der Waals surface area contributed by atoms with E-state index in [1.54, 1.807) is 18.2 Å². The molecule has 0 saturated carbocycles. The number of carbonyl (C=O) groups excluding carboxylic acids is 1. The van der Waals surface area contributed by atoms with Crippen LogP contribution in [0, 0.1) is 5.92 Å². The van der Waals surface area contributed by atoms with Gasteiger partial charge in [-0.15, -0.1) is 0 Å². The Balaban J connectivity index is 2.90. The Labute approximate surface area is 112 Å². The molecule has 1 rings (SSSR count). The number of benzene rings is 1. The van der Waals surface area contributed by atoms with Crippen molar-refractivity contribution < 1.29 is 24.2 Å². The minimum absolute atomic E-state index is 0.0314. The van der Waals surface area contributed by atoms with E-state index in [2.05, 4.69) is 0 Å². The zero-order valence-electron chi connectivity index (χ0n) is 11.3. The van der Waals surface area contributed by atoms with Gasteiger partial charge in [-0.2, -0.15) is 0 Å². The maximum absolute atomic E-state index is 11.1. The van der Waals surface area contributed by atoms with Gasteiger partial charge in [-0.25, -0.2) is 0 Å². The summed E-state index contributed by atoms with van der Waals surface area (Å²) in [7, 11) is 3.05. The van der Waals surface area contributed by atoms with E-state index in [1.807, 2.05) is 0 Å². The maximum Gasteiger partial charge on any atom is 0.307 e. The molecule has 0 spiro atoms. The molecule has 0 aliphatic heterocycles. The van der Waals surface area contributed by atoms with E-state index in [9.17, 15) is 9.59 Å². The van der Waals surface area contributed by atoms with Gasteiger partial charge in [0, 0.05) is 6.42 Å². The normalized spacial score (nSPS) is 11.7. The zero-order chi connectivity index (χ0) is 14.4. The SMILES string of the molecule is COc1ccc(C[C@@H](CC(C)=O)C(=O)O)cc1OC. The minimum Gasteiger partial charge on any atom is -0.493 e. The lowest BCUT2D eigenvalue weighted by atomic mass is 9.94. The predicted molar refractivity (Wildman–Crippen MR) is 69.7 cm³/mol. The van der Waals surface area contributed by atoms with Crippen LogP contribution in [0.15, 0.2) is 18.2 Å². The van der Waals surface area contributed by atoms with Gasteiger partial charge in [-0.1, -0.05) is 6.07 Å². The fourth-order valence-corrected chi connectivity index (χ4v) is 1.89. The van der Waals surface area contributed by atoms with Crippen LogP contribution in [0.3, 0.4) is 0 Å². The Morgan fingerprint density at radius 3 is 2.32 bits per heavy atom. The number of hydrogen-bond acceptors (Lipinski definition) is 4. The standard InChI is InChI=1S/C14H18O5/c1-9(15)6-11(14(16)17)7-10-4-5-12(18-2)13(8-10)19-3/h4-5,8,11H,6-7H2,1-3H3,(H,16,17)/t11-/m1/s1. The second kappa shape index (κ2) is 6.78. The molecular weight excluding hydrogens is 248 g/mol.